The summed E-state index contributed by atoms with van der Waals surface area (Å²) in [6.45, 7) is 1.86. The topological polar surface area (TPSA) is 44.0 Å². The van der Waals surface area contributed by atoms with E-state index in [0.29, 0.717) is 11.4 Å². The fraction of sp³-hybridized carbons (Fsp3) is 0.222. The summed E-state index contributed by atoms with van der Waals surface area (Å²) >= 11 is 5.65. The Morgan fingerprint density at radius 3 is 2.83 bits per heavy atom. The number of nitrogens with zero attached hydrogens (tertiary/aromatic N) is 1. The molecule has 3 heteroatoms. The molecule has 12 heavy (non-hydrogen) atoms. The lowest BCUT2D eigenvalue weighted by Gasteiger charge is -2.03. The minimum Gasteiger partial charge on any atom is -0.506 e. The first kappa shape index (κ1) is 8.89. The van der Waals surface area contributed by atoms with Crippen LogP contribution in [0.3, 0.4) is 0 Å². The van der Waals surface area contributed by atoms with E-state index in [1.54, 1.807) is 6.07 Å². The largest absolute Gasteiger partial charge is 0.506 e. The number of hydrogen-bond acceptors (Lipinski definition) is 2. The molecule has 0 aromatic heterocycles. The van der Waals surface area contributed by atoms with E-state index in [4.69, 9.17) is 16.9 Å². The van der Waals surface area contributed by atoms with Crippen molar-refractivity contribution in [3.63, 3.8) is 0 Å². The molecule has 0 aliphatic heterocycles. The Morgan fingerprint density at radius 2 is 2.25 bits per heavy atom. The van der Waals surface area contributed by atoms with Gasteiger partial charge < -0.3 is 5.11 Å². The van der Waals surface area contributed by atoms with Crippen LogP contribution in [0.5, 0.6) is 5.75 Å². The molecule has 62 valence electrons. The molecule has 0 bridgehead atoms. The minimum absolute atomic E-state index is 0.0347. The van der Waals surface area contributed by atoms with Gasteiger partial charge in [0.05, 0.1) is 17.5 Å². The summed E-state index contributed by atoms with van der Waals surface area (Å²) in [6.07, 6.45) is 0.302. The van der Waals surface area contributed by atoms with E-state index in [1.165, 1.54) is 6.07 Å². The highest BCUT2D eigenvalue weighted by molar-refractivity contribution is 6.32. The number of halogens is 1. The molecule has 0 unspecified atom stereocenters. The van der Waals surface area contributed by atoms with E-state index >= 15 is 0 Å². The lowest BCUT2D eigenvalue weighted by Crippen LogP contribution is -1.87. The third-order valence-corrected chi connectivity index (χ3v) is 1.98. The summed E-state index contributed by atoms with van der Waals surface area (Å²) in [5, 5.41) is 18.0. The fourth-order valence-corrected chi connectivity index (χ4v) is 1.20. The van der Waals surface area contributed by atoms with Gasteiger partial charge >= 0.3 is 0 Å². The summed E-state index contributed by atoms with van der Waals surface area (Å²) in [7, 11) is 0. The molecule has 1 aromatic carbocycles. The predicted molar refractivity (Wildman–Crippen MR) is 47.2 cm³/mol. The molecule has 0 fully saturated rings. The van der Waals surface area contributed by atoms with E-state index < -0.39 is 0 Å². The van der Waals surface area contributed by atoms with Gasteiger partial charge in [0.1, 0.15) is 5.75 Å². The summed E-state index contributed by atoms with van der Waals surface area (Å²) in [6, 6.07) is 5.20. The number of aromatic hydroxyl groups is 1. The zero-order chi connectivity index (χ0) is 9.14. The molecule has 0 atom stereocenters. The van der Waals surface area contributed by atoms with Crippen molar-refractivity contribution in [3.8, 4) is 11.8 Å². The molecular weight excluding hydrogens is 174 g/mol. The number of benzene rings is 1. The van der Waals surface area contributed by atoms with Gasteiger partial charge in [-0.1, -0.05) is 11.6 Å². The predicted octanol–water partition coefficient (Wildman–Crippen LogP) is 2.42. The molecule has 0 radical (unpaired) electrons. The van der Waals surface area contributed by atoms with Gasteiger partial charge in [0.25, 0.3) is 0 Å². The van der Waals surface area contributed by atoms with Crippen LogP contribution < -0.4 is 0 Å². The first-order chi connectivity index (χ1) is 5.65. The van der Waals surface area contributed by atoms with Crippen LogP contribution in [0.2, 0.25) is 5.02 Å². The number of rotatable bonds is 1. The van der Waals surface area contributed by atoms with Gasteiger partial charge in [-0.2, -0.15) is 5.26 Å². The number of phenolic OH excluding ortho intramolecular Hbond substituents is 1. The van der Waals surface area contributed by atoms with E-state index in [2.05, 4.69) is 0 Å². The summed E-state index contributed by atoms with van der Waals surface area (Å²) in [5.41, 5.74) is 1.75. The van der Waals surface area contributed by atoms with Crippen LogP contribution in [0, 0.1) is 18.3 Å². The van der Waals surface area contributed by atoms with Gasteiger partial charge in [0, 0.05) is 0 Å². The average Bonchev–Trinajstić information content (AvgIpc) is 2.01. The van der Waals surface area contributed by atoms with Crippen LogP contribution in [0.15, 0.2) is 12.1 Å². The van der Waals surface area contributed by atoms with Gasteiger partial charge in [-0.15, -0.1) is 0 Å². The molecule has 0 saturated heterocycles. The highest BCUT2D eigenvalue weighted by Crippen LogP contribution is 2.26. The first-order valence-corrected chi connectivity index (χ1v) is 3.88. The van der Waals surface area contributed by atoms with Crippen LogP contribution >= 0.6 is 11.6 Å². The normalized spacial score (nSPS) is 9.42. The summed E-state index contributed by atoms with van der Waals surface area (Å²) in [4.78, 5) is 0. The Labute approximate surface area is 76.0 Å². The Balaban J connectivity index is 3.16. The van der Waals surface area contributed by atoms with Crippen molar-refractivity contribution < 1.29 is 5.11 Å². The van der Waals surface area contributed by atoms with E-state index in [0.717, 1.165) is 11.1 Å². The van der Waals surface area contributed by atoms with E-state index in [9.17, 15) is 5.11 Å². The van der Waals surface area contributed by atoms with Crippen LogP contribution in [0.4, 0.5) is 0 Å². The van der Waals surface area contributed by atoms with Crippen molar-refractivity contribution in [2.45, 2.75) is 13.3 Å². The third kappa shape index (κ3) is 1.69. The van der Waals surface area contributed by atoms with Crippen molar-refractivity contribution in [1.82, 2.24) is 0 Å². The molecule has 0 saturated carbocycles. The van der Waals surface area contributed by atoms with Gasteiger partial charge in [0.2, 0.25) is 0 Å². The number of aryl methyl sites for hydroxylation is 1. The molecule has 1 rings (SSSR count). The molecule has 2 nitrogen and oxygen atoms in total. The van der Waals surface area contributed by atoms with Crippen LogP contribution in [0.25, 0.3) is 0 Å². The van der Waals surface area contributed by atoms with Gasteiger partial charge in [-0.25, -0.2) is 0 Å². The van der Waals surface area contributed by atoms with Gasteiger partial charge in [-0.05, 0) is 30.2 Å². The lowest BCUT2D eigenvalue weighted by atomic mass is 10.1. The molecule has 1 aromatic rings. The number of hydrogen-bond donors (Lipinski definition) is 1. The molecule has 0 aliphatic rings. The van der Waals surface area contributed by atoms with Gasteiger partial charge in [-0.3, -0.25) is 0 Å². The molecule has 0 heterocycles. The molecule has 0 aliphatic carbocycles. The van der Waals surface area contributed by atoms with Crippen molar-refractivity contribution in [2.75, 3.05) is 0 Å². The van der Waals surface area contributed by atoms with Crippen LogP contribution in [-0.4, -0.2) is 5.11 Å². The van der Waals surface area contributed by atoms with Gasteiger partial charge in [0.15, 0.2) is 0 Å². The minimum atomic E-state index is 0.0347. The number of nitriles is 1. The quantitative estimate of drug-likeness (QED) is 0.723. The monoisotopic (exact) mass is 181 g/mol. The summed E-state index contributed by atoms with van der Waals surface area (Å²) < 4.78 is 0. The maximum Gasteiger partial charge on any atom is 0.134 e. The van der Waals surface area contributed by atoms with Crippen molar-refractivity contribution >= 4 is 11.6 Å². The highest BCUT2D eigenvalue weighted by Gasteiger charge is 2.03. The van der Waals surface area contributed by atoms with E-state index in [1.807, 2.05) is 13.0 Å². The molecule has 0 amide bonds. The smallest absolute Gasteiger partial charge is 0.134 e. The number of phenols is 1. The zero-order valence-corrected chi connectivity index (χ0v) is 7.39. The average molecular weight is 182 g/mol. The standard InChI is InChI=1S/C9H8ClNO/c1-6-4-8(10)9(12)5-7(6)2-3-11/h4-5,12H,2H2,1H3. The maximum atomic E-state index is 9.21. The zero-order valence-electron chi connectivity index (χ0n) is 6.63. The highest BCUT2D eigenvalue weighted by atomic mass is 35.5. The second kappa shape index (κ2) is 3.46. The Morgan fingerprint density at radius 1 is 1.58 bits per heavy atom. The Hall–Kier alpha value is -1.20. The lowest BCUT2D eigenvalue weighted by molar-refractivity contribution is 0.475. The Bertz CT molecular complexity index is 341. The fourth-order valence-electron chi connectivity index (χ4n) is 0.980. The van der Waals surface area contributed by atoms with Crippen LogP contribution in [0.1, 0.15) is 11.1 Å². The Kier molecular flexibility index (Phi) is 2.57. The van der Waals surface area contributed by atoms with Crippen molar-refractivity contribution in [1.29, 1.82) is 5.26 Å². The second-order valence-corrected chi connectivity index (χ2v) is 2.97. The molecular formula is C9H8ClNO. The van der Waals surface area contributed by atoms with E-state index in [-0.39, 0.29) is 5.75 Å². The molecule has 0 spiro atoms. The third-order valence-electron chi connectivity index (χ3n) is 1.67. The SMILES string of the molecule is Cc1cc(Cl)c(O)cc1CC#N. The maximum absolute atomic E-state index is 9.21. The molecule has 1 N–H and O–H groups in total. The van der Waals surface area contributed by atoms with Crippen LogP contribution in [-0.2, 0) is 6.42 Å². The second-order valence-electron chi connectivity index (χ2n) is 2.56. The van der Waals surface area contributed by atoms with Crippen molar-refractivity contribution in [3.05, 3.63) is 28.3 Å². The first-order valence-electron chi connectivity index (χ1n) is 3.50. The van der Waals surface area contributed by atoms with Crippen molar-refractivity contribution in [2.24, 2.45) is 0 Å². The summed E-state index contributed by atoms with van der Waals surface area (Å²) in [5.74, 6) is 0.0347.